The first-order valence-corrected chi connectivity index (χ1v) is 9.07. The molecule has 6 heteroatoms. The van der Waals surface area contributed by atoms with E-state index in [2.05, 4.69) is 24.1 Å². The number of nitrogens with one attached hydrogen (secondary N) is 2. The highest BCUT2D eigenvalue weighted by atomic mass is 16.2. The molecule has 0 atom stereocenters. The maximum Gasteiger partial charge on any atom is 0.328 e. The molecule has 1 heterocycles. The summed E-state index contributed by atoms with van der Waals surface area (Å²) in [5.74, 6) is 0.297. The highest BCUT2D eigenvalue weighted by Gasteiger charge is 2.09. The molecule has 0 aliphatic heterocycles. The number of benzene rings is 2. The van der Waals surface area contributed by atoms with Gasteiger partial charge in [-0.25, -0.2) is 4.79 Å². The van der Waals surface area contributed by atoms with Gasteiger partial charge in [0.1, 0.15) is 0 Å². The minimum Gasteiger partial charge on any atom is -0.326 e. The number of aromatic amines is 1. The molecule has 0 aliphatic rings. The number of rotatable bonds is 6. The Kier molecular flexibility index (Phi) is 5.54. The van der Waals surface area contributed by atoms with Crippen LogP contribution in [0.5, 0.6) is 0 Å². The van der Waals surface area contributed by atoms with Gasteiger partial charge in [-0.3, -0.25) is 14.2 Å². The van der Waals surface area contributed by atoms with Crippen LogP contribution in [0.3, 0.4) is 0 Å². The predicted molar refractivity (Wildman–Crippen MR) is 107 cm³/mol. The van der Waals surface area contributed by atoms with Crippen molar-refractivity contribution in [3.8, 4) is 0 Å². The Hall–Kier alpha value is -3.15. The third kappa shape index (κ3) is 4.34. The fourth-order valence-electron chi connectivity index (χ4n) is 2.97. The summed E-state index contributed by atoms with van der Waals surface area (Å²) < 4.78 is 1.15. The predicted octanol–water partition coefficient (Wildman–Crippen LogP) is 3.23. The van der Waals surface area contributed by atoms with Crippen LogP contribution in [0.1, 0.15) is 38.2 Å². The minimum atomic E-state index is -0.455. The van der Waals surface area contributed by atoms with Gasteiger partial charge in [0.15, 0.2) is 0 Å². The number of fused-ring (bicyclic) bond motifs is 1. The van der Waals surface area contributed by atoms with Crippen LogP contribution >= 0.6 is 0 Å². The number of aromatic nitrogens is 2. The van der Waals surface area contributed by atoms with E-state index in [-0.39, 0.29) is 24.4 Å². The van der Waals surface area contributed by atoms with E-state index in [1.165, 1.54) is 5.56 Å². The van der Waals surface area contributed by atoms with Gasteiger partial charge in [0.05, 0.1) is 10.9 Å². The molecule has 0 bridgehead atoms. The standard InChI is InChI=1S/C21H23N3O3/c1-14(2)15-9-11-16(12-10-15)22-19(25)8-5-13-24-20(26)17-6-3-4-7-18(17)23-21(24)27/h3-4,6-7,9-12,14H,5,8,13H2,1-2H3,(H,22,25)(H,23,27). The second kappa shape index (κ2) is 8.03. The molecule has 2 N–H and O–H groups in total. The van der Waals surface area contributed by atoms with E-state index in [1.807, 2.05) is 24.3 Å². The van der Waals surface area contributed by atoms with Crippen molar-refractivity contribution in [1.29, 1.82) is 0 Å². The number of anilines is 1. The maximum atomic E-state index is 12.4. The molecule has 0 saturated heterocycles. The number of hydrogen-bond donors (Lipinski definition) is 2. The van der Waals surface area contributed by atoms with Crippen LogP contribution in [0, 0.1) is 0 Å². The van der Waals surface area contributed by atoms with Crippen LogP contribution in [0.25, 0.3) is 10.9 Å². The zero-order valence-electron chi connectivity index (χ0n) is 15.5. The summed E-state index contributed by atoms with van der Waals surface area (Å²) in [5.41, 5.74) is 1.68. The SMILES string of the molecule is CC(C)c1ccc(NC(=O)CCCn2c(=O)[nH]c3ccccc3c2=O)cc1. The topological polar surface area (TPSA) is 84.0 Å². The number of amides is 1. The van der Waals surface area contributed by atoms with Crippen molar-refractivity contribution in [2.45, 2.75) is 39.2 Å². The molecule has 27 heavy (non-hydrogen) atoms. The lowest BCUT2D eigenvalue weighted by molar-refractivity contribution is -0.116. The molecule has 0 unspecified atom stereocenters. The van der Waals surface area contributed by atoms with Crippen LogP contribution < -0.4 is 16.6 Å². The van der Waals surface area contributed by atoms with Gasteiger partial charge < -0.3 is 10.3 Å². The van der Waals surface area contributed by atoms with E-state index in [9.17, 15) is 14.4 Å². The number of para-hydroxylation sites is 1. The van der Waals surface area contributed by atoms with Crippen molar-refractivity contribution >= 4 is 22.5 Å². The van der Waals surface area contributed by atoms with Crippen molar-refractivity contribution in [2.24, 2.45) is 0 Å². The molecule has 3 aromatic rings. The summed E-state index contributed by atoms with van der Waals surface area (Å²) >= 11 is 0. The molecule has 1 aromatic heterocycles. The van der Waals surface area contributed by atoms with Crippen LogP contribution in [0.2, 0.25) is 0 Å². The van der Waals surface area contributed by atoms with Crippen molar-refractivity contribution < 1.29 is 4.79 Å². The van der Waals surface area contributed by atoms with E-state index in [0.717, 1.165) is 10.3 Å². The van der Waals surface area contributed by atoms with Gasteiger partial charge in [-0.1, -0.05) is 38.1 Å². The van der Waals surface area contributed by atoms with Crippen molar-refractivity contribution in [2.75, 3.05) is 5.32 Å². The van der Waals surface area contributed by atoms with Gasteiger partial charge in [0.25, 0.3) is 5.56 Å². The van der Waals surface area contributed by atoms with Crippen molar-refractivity contribution in [1.82, 2.24) is 9.55 Å². The summed E-state index contributed by atoms with van der Waals surface area (Å²) in [4.78, 5) is 39.4. The molecule has 3 rings (SSSR count). The molecular formula is C21H23N3O3. The Morgan fingerprint density at radius 1 is 1.07 bits per heavy atom. The van der Waals surface area contributed by atoms with Gasteiger partial charge in [-0.2, -0.15) is 0 Å². The maximum absolute atomic E-state index is 12.4. The van der Waals surface area contributed by atoms with Crippen LogP contribution in [-0.2, 0) is 11.3 Å². The molecule has 6 nitrogen and oxygen atoms in total. The van der Waals surface area contributed by atoms with Crippen molar-refractivity contribution in [3.63, 3.8) is 0 Å². The Balaban J connectivity index is 1.61. The third-order valence-electron chi connectivity index (χ3n) is 4.54. The van der Waals surface area contributed by atoms with Crippen LogP contribution in [-0.4, -0.2) is 15.5 Å². The zero-order valence-corrected chi connectivity index (χ0v) is 15.5. The van der Waals surface area contributed by atoms with Crippen LogP contribution in [0.15, 0.2) is 58.1 Å². The molecule has 0 radical (unpaired) electrons. The third-order valence-corrected chi connectivity index (χ3v) is 4.54. The molecule has 140 valence electrons. The Morgan fingerprint density at radius 2 is 1.78 bits per heavy atom. The second-order valence-corrected chi connectivity index (χ2v) is 6.86. The Bertz CT molecular complexity index is 1060. The normalized spacial score (nSPS) is 11.1. The van der Waals surface area contributed by atoms with Gasteiger partial charge in [-0.05, 0) is 42.2 Å². The molecule has 0 saturated carbocycles. The van der Waals surface area contributed by atoms with E-state index in [4.69, 9.17) is 0 Å². The largest absolute Gasteiger partial charge is 0.328 e. The quantitative estimate of drug-likeness (QED) is 0.703. The molecule has 1 amide bonds. The minimum absolute atomic E-state index is 0.141. The summed E-state index contributed by atoms with van der Waals surface area (Å²) in [6.45, 7) is 4.42. The second-order valence-electron chi connectivity index (χ2n) is 6.86. The van der Waals surface area contributed by atoms with E-state index in [0.29, 0.717) is 23.2 Å². The monoisotopic (exact) mass is 365 g/mol. The fraction of sp³-hybridized carbons (Fsp3) is 0.286. The van der Waals surface area contributed by atoms with E-state index < -0.39 is 5.69 Å². The summed E-state index contributed by atoms with van der Waals surface area (Å²) in [6, 6.07) is 14.6. The van der Waals surface area contributed by atoms with E-state index >= 15 is 0 Å². The lowest BCUT2D eigenvalue weighted by Gasteiger charge is -2.09. The van der Waals surface area contributed by atoms with Gasteiger partial charge in [0, 0.05) is 18.7 Å². The van der Waals surface area contributed by atoms with Crippen LogP contribution in [0.4, 0.5) is 5.69 Å². The summed E-state index contributed by atoms with van der Waals surface area (Å²) in [5, 5.41) is 3.31. The molecule has 2 aromatic carbocycles. The van der Waals surface area contributed by atoms with Gasteiger partial charge in [0.2, 0.25) is 5.91 Å². The molecular weight excluding hydrogens is 342 g/mol. The lowest BCUT2D eigenvalue weighted by Crippen LogP contribution is -2.35. The average molecular weight is 365 g/mol. The number of hydrogen-bond acceptors (Lipinski definition) is 3. The first kappa shape index (κ1) is 18.6. The Morgan fingerprint density at radius 3 is 2.48 bits per heavy atom. The summed E-state index contributed by atoms with van der Waals surface area (Å²) in [7, 11) is 0. The highest BCUT2D eigenvalue weighted by Crippen LogP contribution is 2.17. The average Bonchev–Trinajstić information content (AvgIpc) is 2.65. The number of nitrogens with zero attached hydrogens (tertiary/aromatic N) is 1. The van der Waals surface area contributed by atoms with Gasteiger partial charge in [-0.15, -0.1) is 0 Å². The van der Waals surface area contributed by atoms with Gasteiger partial charge >= 0.3 is 5.69 Å². The highest BCUT2D eigenvalue weighted by molar-refractivity contribution is 5.90. The van der Waals surface area contributed by atoms with E-state index in [1.54, 1.807) is 24.3 Å². The molecule has 0 fully saturated rings. The zero-order chi connectivity index (χ0) is 19.4. The fourth-order valence-corrected chi connectivity index (χ4v) is 2.97. The number of carbonyl (C=O) groups excluding carboxylic acids is 1. The lowest BCUT2D eigenvalue weighted by atomic mass is 10.0. The first-order chi connectivity index (χ1) is 13.0. The Labute approximate surface area is 156 Å². The smallest absolute Gasteiger partial charge is 0.326 e. The number of carbonyl (C=O) groups is 1. The first-order valence-electron chi connectivity index (χ1n) is 9.07. The summed E-state index contributed by atoms with van der Waals surface area (Å²) in [6.07, 6.45) is 0.627. The number of H-pyrrole nitrogens is 1. The molecule has 0 aliphatic carbocycles. The van der Waals surface area contributed by atoms with Crippen molar-refractivity contribution in [3.05, 3.63) is 74.9 Å². The molecule has 0 spiro atoms.